The first-order valence-electron chi connectivity index (χ1n) is 7.69. The van der Waals surface area contributed by atoms with Crippen LogP contribution >= 0.6 is 0 Å². The molecule has 24 heavy (non-hydrogen) atoms. The number of amides is 1. The SMILES string of the molecule is CC(=O)NCCc1ccc(C(=O)[C@@H](C)OC(=O)c2ccc[nH]2)cc1. The molecule has 1 atom stereocenters. The number of hydrogen-bond donors (Lipinski definition) is 2. The monoisotopic (exact) mass is 328 g/mol. The van der Waals surface area contributed by atoms with Crippen LogP contribution < -0.4 is 5.32 Å². The van der Waals surface area contributed by atoms with Gasteiger partial charge < -0.3 is 15.0 Å². The number of Topliss-reactive ketones (excluding diaryl/α,β-unsaturated/α-hetero) is 1. The fourth-order valence-corrected chi connectivity index (χ4v) is 2.19. The predicted molar refractivity (Wildman–Crippen MR) is 88.8 cm³/mol. The summed E-state index contributed by atoms with van der Waals surface area (Å²) < 4.78 is 5.17. The Balaban J connectivity index is 1.91. The smallest absolute Gasteiger partial charge is 0.355 e. The van der Waals surface area contributed by atoms with Gasteiger partial charge in [-0.15, -0.1) is 0 Å². The number of ether oxygens (including phenoxy) is 1. The van der Waals surface area contributed by atoms with Crippen molar-refractivity contribution in [3.63, 3.8) is 0 Å². The van der Waals surface area contributed by atoms with Gasteiger partial charge in [-0.1, -0.05) is 24.3 Å². The predicted octanol–water partition coefficient (Wildman–Crippen LogP) is 2.12. The number of hydrogen-bond acceptors (Lipinski definition) is 4. The molecular weight excluding hydrogens is 308 g/mol. The molecule has 6 nitrogen and oxygen atoms in total. The normalized spacial score (nSPS) is 11.6. The summed E-state index contributed by atoms with van der Waals surface area (Å²) in [7, 11) is 0. The topological polar surface area (TPSA) is 88.3 Å². The van der Waals surface area contributed by atoms with E-state index in [0.29, 0.717) is 24.2 Å². The lowest BCUT2D eigenvalue weighted by atomic mass is 10.0. The quantitative estimate of drug-likeness (QED) is 0.602. The first-order chi connectivity index (χ1) is 11.5. The Hall–Kier alpha value is -2.89. The van der Waals surface area contributed by atoms with Gasteiger partial charge in [-0.3, -0.25) is 9.59 Å². The van der Waals surface area contributed by atoms with E-state index < -0.39 is 12.1 Å². The molecule has 126 valence electrons. The van der Waals surface area contributed by atoms with Gasteiger partial charge in [-0.05, 0) is 31.0 Å². The van der Waals surface area contributed by atoms with Crippen LogP contribution in [0.5, 0.6) is 0 Å². The number of benzene rings is 1. The van der Waals surface area contributed by atoms with Gasteiger partial charge in [-0.2, -0.15) is 0 Å². The van der Waals surface area contributed by atoms with E-state index in [2.05, 4.69) is 10.3 Å². The molecule has 1 amide bonds. The summed E-state index contributed by atoms with van der Waals surface area (Å²) in [6, 6.07) is 10.3. The van der Waals surface area contributed by atoms with Crippen molar-refractivity contribution in [2.75, 3.05) is 6.54 Å². The highest BCUT2D eigenvalue weighted by Gasteiger charge is 2.20. The maximum Gasteiger partial charge on any atom is 0.355 e. The number of aromatic amines is 1. The Morgan fingerprint density at radius 2 is 1.88 bits per heavy atom. The van der Waals surface area contributed by atoms with Crippen LogP contribution in [0.1, 0.15) is 40.3 Å². The summed E-state index contributed by atoms with van der Waals surface area (Å²) >= 11 is 0. The minimum absolute atomic E-state index is 0.0699. The summed E-state index contributed by atoms with van der Waals surface area (Å²) in [6.45, 7) is 3.57. The number of rotatable bonds is 7. The fraction of sp³-hybridized carbons (Fsp3) is 0.278. The number of nitrogens with one attached hydrogen (secondary N) is 2. The van der Waals surface area contributed by atoms with Crippen molar-refractivity contribution in [1.29, 1.82) is 0 Å². The van der Waals surface area contributed by atoms with E-state index in [-0.39, 0.29) is 11.7 Å². The maximum absolute atomic E-state index is 12.3. The summed E-state index contributed by atoms with van der Waals surface area (Å²) in [4.78, 5) is 37.7. The molecule has 0 saturated heterocycles. The van der Waals surface area contributed by atoms with Crippen molar-refractivity contribution in [2.45, 2.75) is 26.4 Å². The molecule has 6 heteroatoms. The third-order valence-corrected chi connectivity index (χ3v) is 3.50. The van der Waals surface area contributed by atoms with Gasteiger partial charge in [-0.25, -0.2) is 4.79 Å². The number of H-pyrrole nitrogens is 1. The van der Waals surface area contributed by atoms with Crippen LogP contribution in [0.15, 0.2) is 42.6 Å². The third-order valence-electron chi connectivity index (χ3n) is 3.50. The second-order valence-corrected chi connectivity index (χ2v) is 5.43. The highest BCUT2D eigenvalue weighted by Crippen LogP contribution is 2.11. The largest absolute Gasteiger partial charge is 0.450 e. The number of esters is 1. The molecule has 1 aromatic carbocycles. The molecule has 2 aromatic rings. The Morgan fingerprint density at radius 1 is 1.17 bits per heavy atom. The van der Waals surface area contributed by atoms with Gasteiger partial charge in [0.25, 0.3) is 0 Å². The zero-order valence-electron chi connectivity index (χ0n) is 13.7. The standard InChI is InChI=1S/C18H20N2O4/c1-12(24-18(23)16-4-3-10-20-16)17(22)15-7-5-14(6-8-15)9-11-19-13(2)21/h3-8,10,12,20H,9,11H2,1-2H3,(H,19,21)/t12-/m1/s1. The van der Waals surface area contributed by atoms with Gasteiger partial charge in [0.05, 0.1) is 0 Å². The van der Waals surface area contributed by atoms with Gasteiger partial charge >= 0.3 is 5.97 Å². The first kappa shape index (κ1) is 17.5. The molecular formula is C18H20N2O4. The number of ketones is 1. The van der Waals surface area contributed by atoms with Crippen LogP contribution in [0.2, 0.25) is 0 Å². The van der Waals surface area contributed by atoms with E-state index >= 15 is 0 Å². The molecule has 0 spiro atoms. The highest BCUT2D eigenvalue weighted by molar-refractivity contribution is 6.01. The lowest BCUT2D eigenvalue weighted by molar-refractivity contribution is -0.118. The van der Waals surface area contributed by atoms with Crippen LogP contribution in [-0.2, 0) is 16.0 Å². The summed E-state index contributed by atoms with van der Waals surface area (Å²) in [6.07, 6.45) is 1.43. The van der Waals surface area contributed by atoms with Crippen LogP contribution in [0.3, 0.4) is 0 Å². The van der Waals surface area contributed by atoms with Crippen LogP contribution in [0, 0.1) is 0 Å². The third kappa shape index (κ3) is 4.81. The van der Waals surface area contributed by atoms with Gasteiger partial charge in [0.15, 0.2) is 6.10 Å². The van der Waals surface area contributed by atoms with Crippen molar-refractivity contribution in [3.05, 3.63) is 59.4 Å². The van der Waals surface area contributed by atoms with Gasteiger partial charge in [0.2, 0.25) is 11.7 Å². The number of aromatic nitrogens is 1. The van der Waals surface area contributed by atoms with Gasteiger partial charge in [0.1, 0.15) is 5.69 Å². The minimum Gasteiger partial charge on any atom is -0.450 e. The molecule has 0 radical (unpaired) electrons. The van der Waals surface area contributed by atoms with E-state index in [1.54, 1.807) is 37.4 Å². The van der Waals surface area contributed by atoms with Crippen molar-refractivity contribution in [1.82, 2.24) is 10.3 Å². The Kier molecular flexibility index (Phi) is 5.89. The summed E-state index contributed by atoms with van der Waals surface area (Å²) in [5.41, 5.74) is 1.80. The molecule has 0 aliphatic heterocycles. The fourth-order valence-electron chi connectivity index (χ4n) is 2.19. The van der Waals surface area contributed by atoms with Crippen molar-refractivity contribution in [2.24, 2.45) is 0 Å². The Morgan fingerprint density at radius 3 is 2.46 bits per heavy atom. The number of carbonyl (C=O) groups is 3. The molecule has 0 fully saturated rings. The van der Waals surface area contributed by atoms with Crippen LogP contribution in [0.25, 0.3) is 0 Å². The molecule has 0 saturated carbocycles. The van der Waals surface area contributed by atoms with E-state index in [9.17, 15) is 14.4 Å². The zero-order valence-corrected chi connectivity index (χ0v) is 13.7. The molecule has 2 N–H and O–H groups in total. The Labute approximate surface area is 140 Å². The molecule has 0 bridgehead atoms. The average Bonchev–Trinajstić information content (AvgIpc) is 3.09. The maximum atomic E-state index is 12.3. The summed E-state index contributed by atoms with van der Waals surface area (Å²) in [5.74, 6) is -0.893. The van der Waals surface area contributed by atoms with Gasteiger partial charge in [0, 0.05) is 25.2 Å². The molecule has 1 heterocycles. The van der Waals surface area contributed by atoms with E-state index in [1.807, 2.05) is 12.1 Å². The van der Waals surface area contributed by atoms with E-state index in [0.717, 1.165) is 5.56 Å². The second kappa shape index (κ2) is 8.10. The van der Waals surface area contributed by atoms with E-state index in [1.165, 1.54) is 6.92 Å². The number of carbonyl (C=O) groups excluding carboxylic acids is 3. The highest BCUT2D eigenvalue weighted by atomic mass is 16.5. The van der Waals surface area contributed by atoms with Crippen molar-refractivity contribution < 1.29 is 19.1 Å². The molecule has 2 rings (SSSR count). The average molecular weight is 328 g/mol. The van der Waals surface area contributed by atoms with Crippen LogP contribution in [0.4, 0.5) is 0 Å². The van der Waals surface area contributed by atoms with Crippen LogP contribution in [-0.4, -0.2) is 35.3 Å². The lowest BCUT2D eigenvalue weighted by Gasteiger charge is -2.12. The van der Waals surface area contributed by atoms with E-state index in [4.69, 9.17) is 4.74 Å². The molecule has 0 aliphatic carbocycles. The van der Waals surface area contributed by atoms with Crippen molar-refractivity contribution >= 4 is 17.7 Å². The Bertz CT molecular complexity index is 705. The minimum atomic E-state index is -0.869. The molecule has 0 aliphatic rings. The summed E-state index contributed by atoms with van der Waals surface area (Å²) in [5, 5.41) is 2.72. The second-order valence-electron chi connectivity index (χ2n) is 5.43. The zero-order chi connectivity index (χ0) is 17.5. The molecule has 1 aromatic heterocycles. The lowest BCUT2D eigenvalue weighted by Crippen LogP contribution is -2.24. The van der Waals surface area contributed by atoms with Crippen molar-refractivity contribution in [3.8, 4) is 0 Å². The first-order valence-corrected chi connectivity index (χ1v) is 7.69. The molecule has 0 unspecified atom stereocenters.